The van der Waals surface area contributed by atoms with Crippen molar-refractivity contribution in [3.8, 4) is 0 Å². The molecule has 1 atom stereocenters. The molecular weight excluding hydrogens is 285 g/mol. The van der Waals surface area contributed by atoms with Gasteiger partial charge in [-0.2, -0.15) is 0 Å². The molecule has 2 aromatic carbocycles. The van der Waals surface area contributed by atoms with Gasteiger partial charge in [0.1, 0.15) is 11.9 Å². The number of hydrogen-bond acceptors (Lipinski definition) is 2. The van der Waals surface area contributed by atoms with E-state index in [4.69, 9.17) is 0 Å². The summed E-state index contributed by atoms with van der Waals surface area (Å²) >= 11 is 0. The zero-order valence-corrected chi connectivity index (χ0v) is 12.0. The zero-order chi connectivity index (χ0) is 16.1. The highest BCUT2D eigenvalue weighted by Crippen LogP contribution is 2.09. The van der Waals surface area contributed by atoms with E-state index in [1.807, 2.05) is 19.1 Å². The van der Waals surface area contributed by atoms with Gasteiger partial charge in [-0.15, -0.1) is 0 Å². The predicted molar refractivity (Wildman–Crippen MR) is 80.2 cm³/mol. The number of amides is 1. The number of carbonyl (C=O) groups excluding carboxylic acids is 1. The van der Waals surface area contributed by atoms with E-state index < -0.39 is 23.7 Å². The number of halogens is 1. The molecule has 0 unspecified atom stereocenters. The van der Waals surface area contributed by atoms with Gasteiger partial charge in [-0.05, 0) is 24.6 Å². The lowest BCUT2D eigenvalue weighted by Gasteiger charge is -2.15. The summed E-state index contributed by atoms with van der Waals surface area (Å²) < 4.78 is 13.6. The van der Waals surface area contributed by atoms with E-state index in [9.17, 15) is 19.1 Å². The lowest BCUT2D eigenvalue weighted by Crippen LogP contribution is -2.42. The average molecular weight is 301 g/mol. The largest absolute Gasteiger partial charge is 0.480 e. The number of nitrogens with one attached hydrogen (secondary N) is 1. The molecule has 0 heterocycles. The van der Waals surface area contributed by atoms with Crippen LogP contribution in [0.5, 0.6) is 0 Å². The van der Waals surface area contributed by atoms with Gasteiger partial charge in [0, 0.05) is 6.42 Å². The molecule has 114 valence electrons. The Morgan fingerprint density at radius 1 is 1.14 bits per heavy atom. The minimum Gasteiger partial charge on any atom is -0.480 e. The van der Waals surface area contributed by atoms with Crippen molar-refractivity contribution in [3.63, 3.8) is 0 Å². The minimum atomic E-state index is -1.16. The Kier molecular flexibility index (Phi) is 4.88. The molecule has 4 nitrogen and oxygen atoms in total. The Hall–Kier alpha value is -2.69. The van der Waals surface area contributed by atoms with Crippen LogP contribution in [-0.2, 0) is 11.2 Å². The Bertz CT molecular complexity index is 683. The molecule has 2 aromatic rings. The number of rotatable bonds is 5. The Morgan fingerprint density at radius 2 is 1.77 bits per heavy atom. The number of aryl methyl sites for hydroxylation is 1. The first-order valence-corrected chi connectivity index (χ1v) is 6.81. The van der Waals surface area contributed by atoms with Crippen LogP contribution in [-0.4, -0.2) is 23.0 Å². The topological polar surface area (TPSA) is 66.4 Å². The summed E-state index contributed by atoms with van der Waals surface area (Å²) in [5.41, 5.74) is 1.68. The van der Waals surface area contributed by atoms with Gasteiger partial charge in [0.15, 0.2) is 0 Å². The van der Waals surface area contributed by atoms with Crippen molar-refractivity contribution in [2.45, 2.75) is 19.4 Å². The van der Waals surface area contributed by atoms with Crippen molar-refractivity contribution in [2.24, 2.45) is 0 Å². The number of benzene rings is 2. The molecule has 0 saturated heterocycles. The molecule has 0 fully saturated rings. The summed E-state index contributed by atoms with van der Waals surface area (Å²) in [6, 6.07) is 11.7. The summed E-state index contributed by atoms with van der Waals surface area (Å²) in [6.45, 7) is 1.93. The zero-order valence-electron chi connectivity index (χ0n) is 12.0. The second-order valence-corrected chi connectivity index (χ2v) is 5.03. The lowest BCUT2D eigenvalue weighted by molar-refractivity contribution is -0.139. The SMILES string of the molecule is Cc1ccc(C[C@@H](NC(=O)c2ccccc2F)C(=O)O)cc1. The van der Waals surface area contributed by atoms with E-state index >= 15 is 0 Å². The third-order valence-electron chi connectivity index (χ3n) is 3.28. The summed E-state index contributed by atoms with van der Waals surface area (Å²) in [7, 11) is 0. The average Bonchev–Trinajstić information content (AvgIpc) is 2.49. The van der Waals surface area contributed by atoms with Gasteiger partial charge >= 0.3 is 5.97 Å². The van der Waals surface area contributed by atoms with Crippen LogP contribution in [0.25, 0.3) is 0 Å². The first-order chi connectivity index (χ1) is 10.5. The first-order valence-electron chi connectivity index (χ1n) is 6.81. The fraction of sp³-hybridized carbons (Fsp3) is 0.176. The molecule has 0 saturated carbocycles. The van der Waals surface area contributed by atoms with Gasteiger partial charge < -0.3 is 10.4 Å². The lowest BCUT2D eigenvalue weighted by atomic mass is 10.0. The highest BCUT2D eigenvalue weighted by atomic mass is 19.1. The molecule has 2 N–H and O–H groups in total. The van der Waals surface area contributed by atoms with Crippen molar-refractivity contribution in [1.29, 1.82) is 0 Å². The normalized spacial score (nSPS) is 11.7. The van der Waals surface area contributed by atoms with Crippen molar-refractivity contribution >= 4 is 11.9 Å². The number of carbonyl (C=O) groups is 2. The molecule has 0 aliphatic rings. The van der Waals surface area contributed by atoms with Gasteiger partial charge in [-0.25, -0.2) is 9.18 Å². The maximum atomic E-state index is 13.6. The Labute approximate surface area is 127 Å². The van der Waals surface area contributed by atoms with Gasteiger partial charge in [0.05, 0.1) is 5.56 Å². The molecule has 0 aromatic heterocycles. The van der Waals surface area contributed by atoms with Crippen LogP contribution in [0.4, 0.5) is 4.39 Å². The van der Waals surface area contributed by atoms with Crippen LogP contribution in [0.2, 0.25) is 0 Å². The van der Waals surface area contributed by atoms with E-state index in [0.29, 0.717) is 0 Å². The second kappa shape index (κ2) is 6.85. The number of aliphatic carboxylic acids is 1. The molecule has 22 heavy (non-hydrogen) atoms. The van der Waals surface area contributed by atoms with Crippen molar-refractivity contribution in [1.82, 2.24) is 5.32 Å². The van der Waals surface area contributed by atoms with Crippen LogP contribution in [0.3, 0.4) is 0 Å². The third-order valence-corrected chi connectivity index (χ3v) is 3.28. The summed E-state index contributed by atoms with van der Waals surface area (Å²) in [5, 5.41) is 11.6. The summed E-state index contributed by atoms with van der Waals surface area (Å²) in [4.78, 5) is 23.3. The first kappa shape index (κ1) is 15.7. The van der Waals surface area contributed by atoms with Crippen LogP contribution in [0, 0.1) is 12.7 Å². The fourth-order valence-corrected chi connectivity index (χ4v) is 2.04. The highest BCUT2D eigenvalue weighted by Gasteiger charge is 2.22. The maximum Gasteiger partial charge on any atom is 0.326 e. The minimum absolute atomic E-state index is 0.135. The molecule has 0 aliphatic carbocycles. The van der Waals surface area contributed by atoms with Crippen molar-refractivity contribution < 1.29 is 19.1 Å². The molecule has 5 heteroatoms. The number of carboxylic acid groups (broad SMARTS) is 1. The number of hydrogen-bond donors (Lipinski definition) is 2. The summed E-state index contributed by atoms with van der Waals surface area (Å²) in [6.07, 6.45) is 0.135. The highest BCUT2D eigenvalue weighted by molar-refractivity contribution is 5.96. The molecule has 2 rings (SSSR count). The van der Waals surface area contributed by atoms with E-state index in [-0.39, 0.29) is 12.0 Å². The standard InChI is InChI=1S/C17H16FNO3/c1-11-6-8-12(9-7-11)10-15(17(21)22)19-16(20)13-4-2-3-5-14(13)18/h2-9,15H,10H2,1H3,(H,19,20)(H,21,22)/t15-/m1/s1. The molecule has 0 bridgehead atoms. The molecular formula is C17H16FNO3. The Morgan fingerprint density at radius 3 is 2.36 bits per heavy atom. The quantitative estimate of drug-likeness (QED) is 0.892. The molecule has 0 spiro atoms. The summed E-state index contributed by atoms with van der Waals surface area (Å²) in [5.74, 6) is -2.58. The van der Waals surface area contributed by atoms with Gasteiger partial charge in [-0.1, -0.05) is 42.0 Å². The van der Waals surface area contributed by atoms with Crippen molar-refractivity contribution in [2.75, 3.05) is 0 Å². The molecule has 1 amide bonds. The van der Waals surface area contributed by atoms with E-state index in [2.05, 4.69) is 5.32 Å². The molecule has 0 radical (unpaired) electrons. The monoisotopic (exact) mass is 301 g/mol. The fourth-order valence-electron chi connectivity index (χ4n) is 2.04. The van der Waals surface area contributed by atoms with Crippen LogP contribution in [0.1, 0.15) is 21.5 Å². The van der Waals surface area contributed by atoms with E-state index in [1.54, 1.807) is 12.1 Å². The molecule has 0 aliphatic heterocycles. The third kappa shape index (κ3) is 3.91. The van der Waals surface area contributed by atoms with Crippen molar-refractivity contribution in [3.05, 3.63) is 71.0 Å². The maximum absolute atomic E-state index is 13.6. The smallest absolute Gasteiger partial charge is 0.326 e. The predicted octanol–water partition coefficient (Wildman–Crippen LogP) is 2.56. The van der Waals surface area contributed by atoms with E-state index in [1.165, 1.54) is 18.2 Å². The Balaban J connectivity index is 2.12. The van der Waals surface area contributed by atoms with Crippen LogP contribution in [0.15, 0.2) is 48.5 Å². The number of carboxylic acids is 1. The van der Waals surface area contributed by atoms with E-state index in [0.717, 1.165) is 17.2 Å². The van der Waals surface area contributed by atoms with Gasteiger partial charge in [0.25, 0.3) is 5.91 Å². The van der Waals surface area contributed by atoms with Gasteiger partial charge in [-0.3, -0.25) is 4.79 Å². The van der Waals surface area contributed by atoms with Crippen LogP contribution < -0.4 is 5.32 Å². The van der Waals surface area contributed by atoms with Crippen LogP contribution >= 0.6 is 0 Å². The van der Waals surface area contributed by atoms with Gasteiger partial charge in [0.2, 0.25) is 0 Å². The second-order valence-electron chi connectivity index (χ2n) is 5.03.